The summed E-state index contributed by atoms with van der Waals surface area (Å²) >= 11 is 0. The van der Waals surface area contributed by atoms with Crippen LogP contribution in [0.3, 0.4) is 0 Å². The molecular formula is C15H19NO3. The van der Waals surface area contributed by atoms with Crippen molar-refractivity contribution in [1.82, 2.24) is 0 Å². The summed E-state index contributed by atoms with van der Waals surface area (Å²) in [7, 11) is 0. The van der Waals surface area contributed by atoms with Crippen LogP contribution < -0.4 is 10.5 Å². The van der Waals surface area contributed by atoms with Gasteiger partial charge in [0, 0.05) is 5.92 Å². The van der Waals surface area contributed by atoms with E-state index in [0.29, 0.717) is 11.3 Å². The third-order valence-electron chi connectivity index (χ3n) is 3.58. The Kier molecular flexibility index (Phi) is 4.55. The second kappa shape index (κ2) is 6.36. The summed E-state index contributed by atoms with van der Waals surface area (Å²) < 4.78 is 5.46. The van der Waals surface area contributed by atoms with Crippen molar-refractivity contribution in [2.45, 2.75) is 32.1 Å². The van der Waals surface area contributed by atoms with Crippen molar-refractivity contribution in [2.24, 2.45) is 11.7 Å². The van der Waals surface area contributed by atoms with E-state index in [2.05, 4.69) is 0 Å². The van der Waals surface area contributed by atoms with Crippen LogP contribution in [0.25, 0.3) is 0 Å². The Hall–Kier alpha value is -1.84. The molecule has 0 saturated heterocycles. The molecule has 1 aliphatic carbocycles. The number of carbonyl (C=O) groups excluding carboxylic acids is 2. The molecular weight excluding hydrogens is 242 g/mol. The number of nitrogens with two attached hydrogens (primary N) is 1. The Morgan fingerprint density at radius 2 is 1.84 bits per heavy atom. The van der Waals surface area contributed by atoms with Gasteiger partial charge in [0.15, 0.2) is 5.78 Å². The molecule has 1 amide bonds. The van der Waals surface area contributed by atoms with Gasteiger partial charge >= 0.3 is 0 Å². The molecule has 1 aromatic carbocycles. The van der Waals surface area contributed by atoms with E-state index >= 15 is 0 Å². The van der Waals surface area contributed by atoms with Crippen molar-refractivity contribution in [1.29, 1.82) is 0 Å². The fourth-order valence-corrected chi connectivity index (χ4v) is 2.49. The zero-order valence-corrected chi connectivity index (χ0v) is 10.9. The highest BCUT2D eigenvalue weighted by atomic mass is 16.5. The standard InChI is InChI=1S/C15H19NO3/c16-15(18)12-8-4-5-9-14(12)19-10-13(17)11-6-2-1-3-7-11/h4-5,8-9,11H,1-3,6-7,10H2,(H2,16,18). The molecule has 0 spiro atoms. The maximum atomic E-state index is 12.0. The Morgan fingerprint density at radius 1 is 1.16 bits per heavy atom. The van der Waals surface area contributed by atoms with Gasteiger partial charge < -0.3 is 10.5 Å². The Morgan fingerprint density at radius 3 is 2.53 bits per heavy atom. The molecule has 1 saturated carbocycles. The average Bonchev–Trinajstić information content (AvgIpc) is 2.46. The zero-order chi connectivity index (χ0) is 13.7. The van der Waals surface area contributed by atoms with Crippen LogP contribution in [0.15, 0.2) is 24.3 Å². The molecule has 19 heavy (non-hydrogen) atoms. The summed E-state index contributed by atoms with van der Waals surface area (Å²) in [6.45, 7) is 0.0228. The number of primary amides is 1. The second-order valence-electron chi connectivity index (χ2n) is 4.95. The van der Waals surface area contributed by atoms with Gasteiger partial charge in [-0.25, -0.2) is 0 Å². The van der Waals surface area contributed by atoms with Crippen LogP contribution in [0.2, 0.25) is 0 Å². The molecule has 1 aliphatic rings. The van der Waals surface area contributed by atoms with Gasteiger partial charge in [0.2, 0.25) is 0 Å². The zero-order valence-electron chi connectivity index (χ0n) is 10.9. The molecule has 0 aliphatic heterocycles. The minimum absolute atomic E-state index is 0.0228. The van der Waals surface area contributed by atoms with Crippen LogP contribution in [-0.2, 0) is 4.79 Å². The lowest BCUT2D eigenvalue weighted by molar-refractivity contribution is -0.125. The summed E-state index contributed by atoms with van der Waals surface area (Å²) in [6, 6.07) is 6.74. The van der Waals surface area contributed by atoms with Gasteiger partial charge in [-0.2, -0.15) is 0 Å². The molecule has 1 fully saturated rings. The number of ether oxygens (including phenoxy) is 1. The number of hydrogen-bond acceptors (Lipinski definition) is 3. The topological polar surface area (TPSA) is 69.4 Å². The Bertz CT molecular complexity index is 464. The highest BCUT2D eigenvalue weighted by Crippen LogP contribution is 2.25. The summed E-state index contributed by atoms with van der Waals surface area (Å²) in [5, 5.41) is 0. The number of ketones is 1. The van der Waals surface area contributed by atoms with E-state index in [1.807, 2.05) is 0 Å². The number of Topliss-reactive ketones (excluding diaryl/α,β-unsaturated/α-hetero) is 1. The maximum Gasteiger partial charge on any atom is 0.252 e. The molecule has 0 heterocycles. The minimum Gasteiger partial charge on any atom is -0.485 e. The van der Waals surface area contributed by atoms with Gasteiger partial charge in [-0.1, -0.05) is 31.4 Å². The molecule has 1 aromatic rings. The normalized spacial score (nSPS) is 16.0. The highest BCUT2D eigenvalue weighted by Gasteiger charge is 2.21. The van der Waals surface area contributed by atoms with E-state index < -0.39 is 5.91 Å². The molecule has 0 atom stereocenters. The molecule has 0 aromatic heterocycles. The van der Waals surface area contributed by atoms with Crippen molar-refractivity contribution < 1.29 is 14.3 Å². The van der Waals surface area contributed by atoms with E-state index in [1.54, 1.807) is 24.3 Å². The summed E-state index contributed by atoms with van der Waals surface area (Å²) in [5.41, 5.74) is 5.58. The average molecular weight is 261 g/mol. The maximum absolute atomic E-state index is 12.0. The van der Waals surface area contributed by atoms with Gasteiger partial charge in [0.25, 0.3) is 5.91 Å². The fourth-order valence-electron chi connectivity index (χ4n) is 2.49. The summed E-state index contributed by atoms with van der Waals surface area (Å²) in [5.74, 6) is 0.0911. The number of benzene rings is 1. The fraction of sp³-hybridized carbons (Fsp3) is 0.467. The van der Waals surface area contributed by atoms with Gasteiger partial charge in [-0.3, -0.25) is 9.59 Å². The molecule has 2 N–H and O–H groups in total. The second-order valence-corrected chi connectivity index (χ2v) is 4.95. The SMILES string of the molecule is NC(=O)c1ccccc1OCC(=O)C1CCCCC1. The molecule has 4 heteroatoms. The van der Waals surface area contributed by atoms with Crippen LogP contribution in [0.5, 0.6) is 5.75 Å². The molecule has 0 unspecified atom stereocenters. The number of rotatable bonds is 5. The molecule has 4 nitrogen and oxygen atoms in total. The van der Waals surface area contributed by atoms with Crippen LogP contribution in [-0.4, -0.2) is 18.3 Å². The van der Waals surface area contributed by atoms with Crippen molar-refractivity contribution in [3.05, 3.63) is 29.8 Å². The van der Waals surface area contributed by atoms with Crippen LogP contribution in [0.1, 0.15) is 42.5 Å². The van der Waals surface area contributed by atoms with Crippen molar-refractivity contribution in [2.75, 3.05) is 6.61 Å². The van der Waals surface area contributed by atoms with Crippen molar-refractivity contribution in [3.63, 3.8) is 0 Å². The lowest BCUT2D eigenvalue weighted by atomic mass is 9.86. The molecule has 102 valence electrons. The van der Waals surface area contributed by atoms with Gasteiger partial charge in [-0.05, 0) is 25.0 Å². The van der Waals surface area contributed by atoms with E-state index in [4.69, 9.17) is 10.5 Å². The van der Waals surface area contributed by atoms with Gasteiger partial charge in [0.1, 0.15) is 12.4 Å². The van der Waals surface area contributed by atoms with Crippen molar-refractivity contribution >= 4 is 11.7 Å². The third-order valence-corrected chi connectivity index (χ3v) is 3.58. The van der Waals surface area contributed by atoms with Gasteiger partial charge in [0.05, 0.1) is 5.56 Å². The third kappa shape index (κ3) is 3.56. The van der Waals surface area contributed by atoms with E-state index in [9.17, 15) is 9.59 Å². The van der Waals surface area contributed by atoms with Gasteiger partial charge in [-0.15, -0.1) is 0 Å². The molecule has 2 rings (SSSR count). The van der Waals surface area contributed by atoms with E-state index in [0.717, 1.165) is 25.7 Å². The number of amides is 1. The number of carbonyl (C=O) groups is 2. The lowest BCUT2D eigenvalue weighted by Crippen LogP contribution is -2.24. The Labute approximate surface area is 112 Å². The minimum atomic E-state index is -0.541. The van der Waals surface area contributed by atoms with Crippen LogP contribution in [0.4, 0.5) is 0 Å². The highest BCUT2D eigenvalue weighted by molar-refractivity contribution is 5.95. The van der Waals surface area contributed by atoms with Crippen LogP contribution >= 0.6 is 0 Å². The first-order chi connectivity index (χ1) is 9.18. The monoisotopic (exact) mass is 261 g/mol. The largest absolute Gasteiger partial charge is 0.485 e. The predicted molar refractivity (Wildman–Crippen MR) is 72.0 cm³/mol. The molecule has 0 bridgehead atoms. The Balaban J connectivity index is 1.94. The number of hydrogen-bond donors (Lipinski definition) is 1. The first-order valence-electron chi connectivity index (χ1n) is 6.73. The van der Waals surface area contributed by atoms with Crippen LogP contribution in [0, 0.1) is 5.92 Å². The van der Waals surface area contributed by atoms with E-state index in [1.165, 1.54) is 6.42 Å². The lowest BCUT2D eigenvalue weighted by Gasteiger charge is -2.20. The smallest absolute Gasteiger partial charge is 0.252 e. The summed E-state index contributed by atoms with van der Waals surface area (Å²) in [6.07, 6.45) is 5.37. The first kappa shape index (κ1) is 13.6. The van der Waals surface area contributed by atoms with Crippen molar-refractivity contribution in [3.8, 4) is 5.75 Å². The summed E-state index contributed by atoms with van der Waals surface area (Å²) in [4.78, 5) is 23.2. The quantitative estimate of drug-likeness (QED) is 0.884. The number of para-hydroxylation sites is 1. The van der Waals surface area contributed by atoms with E-state index in [-0.39, 0.29) is 18.3 Å². The first-order valence-corrected chi connectivity index (χ1v) is 6.73. The molecule has 0 radical (unpaired) electrons. The predicted octanol–water partition coefficient (Wildman–Crippen LogP) is 2.31.